The number of fused-ring (bicyclic) bond motifs is 1. The first-order chi connectivity index (χ1) is 13.3. The first kappa shape index (κ1) is 19.4. The number of hydrogen-bond donors (Lipinski definition) is 2. The molecule has 2 N–H and O–H groups in total. The van der Waals surface area contributed by atoms with Crippen LogP contribution in [0.4, 0.5) is 17.6 Å². The van der Waals surface area contributed by atoms with Crippen molar-refractivity contribution >= 4 is 16.9 Å². The summed E-state index contributed by atoms with van der Waals surface area (Å²) in [5, 5.41) is 9.20. The minimum Gasteiger partial charge on any atom is -0.357 e. The van der Waals surface area contributed by atoms with Gasteiger partial charge in [0.2, 0.25) is 0 Å². The van der Waals surface area contributed by atoms with Gasteiger partial charge in [0, 0.05) is 43.4 Å². The van der Waals surface area contributed by atoms with Crippen LogP contribution in [0.25, 0.3) is 22.2 Å². The maximum Gasteiger partial charge on any atom is 0.390 e. The Kier molecular flexibility index (Phi) is 5.35. The zero-order valence-electron chi connectivity index (χ0n) is 14.5. The summed E-state index contributed by atoms with van der Waals surface area (Å²) in [6.07, 6.45) is -1.65. The smallest absolute Gasteiger partial charge is 0.357 e. The number of carbonyl (C=O) groups excluding carboxylic acids is 1. The molecule has 1 amide bonds. The Balaban J connectivity index is 0.00000300. The Morgan fingerprint density at radius 3 is 2.82 bits per heavy atom. The van der Waals surface area contributed by atoms with Crippen LogP contribution in [0.2, 0.25) is 0 Å². The van der Waals surface area contributed by atoms with Crippen LogP contribution in [0.5, 0.6) is 0 Å². The zero-order valence-corrected chi connectivity index (χ0v) is 14.5. The fraction of sp³-hybridized carbons (Fsp3) is 0.278. The minimum atomic E-state index is -4.42. The molecule has 0 bridgehead atoms. The third kappa shape index (κ3) is 4.14. The topological polar surface area (TPSA) is 88.6 Å². The van der Waals surface area contributed by atoms with E-state index in [2.05, 4.69) is 15.0 Å². The number of amides is 1. The predicted molar refractivity (Wildman–Crippen MR) is 94.8 cm³/mol. The summed E-state index contributed by atoms with van der Waals surface area (Å²) < 4.78 is 51.9. The van der Waals surface area contributed by atoms with E-state index in [0.717, 1.165) is 11.1 Å². The van der Waals surface area contributed by atoms with Crippen LogP contribution < -0.4 is 0 Å². The molecule has 0 radical (unpaired) electrons. The van der Waals surface area contributed by atoms with Crippen molar-refractivity contribution in [3.63, 3.8) is 0 Å². The third-order valence-corrected chi connectivity index (χ3v) is 4.19. The standard InChI is InChI=1S/C18H15F4N5O.H2/c19-13-10-26-16-12(2-5-24-16)15(13)11-8-14(25-9-11)17(28)27(6-1-4-23)7-3-18(20,21)22;/h2,5,8-10,25H,1,3,6-7H2,(H,24,26);1H. The first-order valence-corrected chi connectivity index (χ1v) is 8.33. The molecule has 0 aliphatic rings. The zero-order chi connectivity index (χ0) is 20.3. The van der Waals surface area contributed by atoms with Gasteiger partial charge in [0.15, 0.2) is 0 Å². The molecule has 0 unspecified atom stereocenters. The molecule has 6 nitrogen and oxygen atoms in total. The molecule has 148 valence electrons. The van der Waals surface area contributed by atoms with Crippen LogP contribution >= 0.6 is 0 Å². The lowest BCUT2D eigenvalue weighted by Gasteiger charge is -2.21. The van der Waals surface area contributed by atoms with E-state index in [1.807, 2.05) is 6.07 Å². The molecule has 28 heavy (non-hydrogen) atoms. The number of rotatable bonds is 6. The quantitative estimate of drug-likeness (QED) is 0.612. The number of aromatic nitrogens is 3. The van der Waals surface area contributed by atoms with E-state index in [0.29, 0.717) is 16.6 Å². The maximum absolute atomic E-state index is 14.3. The van der Waals surface area contributed by atoms with Crippen molar-refractivity contribution in [2.75, 3.05) is 13.1 Å². The summed E-state index contributed by atoms with van der Waals surface area (Å²) in [6, 6.07) is 4.82. The number of pyridine rings is 1. The molecule has 10 heteroatoms. The highest BCUT2D eigenvalue weighted by atomic mass is 19.4. The van der Waals surface area contributed by atoms with Gasteiger partial charge in [-0.05, 0) is 12.1 Å². The van der Waals surface area contributed by atoms with Crippen LogP contribution in [0.1, 0.15) is 24.8 Å². The van der Waals surface area contributed by atoms with Crippen molar-refractivity contribution in [3.8, 4) is 17.2 Å². The molecule has 0 saturated carbocycles. The van der Waals surface area contributed by atoms with Gasteiger partial charge in [0.1, 0.15) is 17.2 Å². The van der Waals surface area contributed by atoms with Crippen molar-refractivity contribution in [2.24, 2.45) is 0 Å². The molecule has 3 aromatic heterocycles. The second kappa shape index (κ2) is 7.72. The van der Waals surface area contributed by atoms with Gasteiger partial charge in [-0.1, -0.05) is 0 Å². The van der Waals surface area contributed by atoms with Crippen LogP contribution in [-0.2, 0) is 0 Å². The van der Waals surface area contributed by atoms with Crippen LogP contribution in [0.15, 0.2) is 30.7 Å². The van der Waals surface area contributed by atoms with Gasteiger partial charge >= 0.3 is 6.18 Å². The van der Waals surface area contributed by atoms with Crippen molar-refractivity contribution in [1.82, 2.24) is 19.9 Å². The summed E-state index contributed by atoms with van der Waals surface area (Å²) in [4.78, 5) is 23.0. The Morgan fingerprint density at radius 2 is 2.11 bits per heavy atom. The largest absolute Gasteiger partial charge is 0.390 e. The van der Waals surface area contributed by atoms with Gasteiger partial charge in [-0.25, -0.2) is 9.37 Å². The highest BCUT2D eigenvalue weighted by Crippen LogP contribution is 2.30. The van der Waals surface area contributed by atoms with Gasteiger partial charge in [-0.15, -0.1) is 0 Å². The van der Waals surface area contributed by atoms with E-state index >= 15 is 0 Å². The number of alkyl halides is 3. The number of hydrogen-bond acceptors (Lipinski definition) is 3. The van der Waals surface area contributed by atoms with E-state index < -0.39 is 30.9 Å². The summed E-state index contributed by atoms with van der Waals surface area (Å²) >= 11 is 0. The molecular formula is C18H17F4N5O. The summed E-state index contributed by atoms with van der Waals surface area (Å²) in [7, 11) is 0. The summed E-state index contributed by atoms with van der Waals surface area (Å²) in [5.41, 5.74) is 1.06. The first-order valence-electron chi connectivity index (χ1n) is 8.33. The van der Waals surface area contributed by atoms with Crippen LogP contribution in [-0.4, -0.2) is 45.0 Å². The minimum absolute atomic E-state index is 0. The monoisotopic (exact) mass is 395 g/mol. The highest BCUT2D eigenvalue weighted by Gasteiger charge is 2.29. The van der Waals surface area contributed by atoms with Crippen molar-refractivity contribution in [1.29, 1.82) is 5.26 Å². The van der Waals surface area contributed by atoms with Crippen LogP contribution in [0, 0.1) is 17.1 Å². The second-order valence-corrected chi connectivity index (χ2v) is 6.09. The van der Waals surface area contributed by atoms with E-state index in [9.17, 15) is 22.4 Å². The van der Waals surface area contributed by atoms with Crippen molar-refractivity contribution < 1.29 is 23.8 Å². The number of nitrogens with one attached hydrogen (secondary N) is 2. The third-order valence-electron chi connectivity index (χ3n) is 4.19. The van der Waals surface area contributed by atoms with E-state index in [1.165, 1.54) is 12.3 Å². The number of carbonyl (C=O) groups is 1. The van der Waals surface area contributed by atoms with E-state index in [-0.39, 0.29) is 25.6 Å². The van der Waals surface area contributed by atoms with Gasteiger partial charge < -0.3 is 14.9 Å². The molecular weight excluding hydrogens is 378 g/mol. The molecule has 0 aromatic carbocycles. The Labute approximate surface area is 158 Å². The molecule has 3 rings (SSSR count). The molecule has 3 heterocycles. The number of nitriles is 1. The Bertz CT molecular complexity index is 1040. The number of aromatic amines is 2. The van der Waals surface area contributed by atoms with Crippen molar-refractivity contribution in [3.05, 3.63) is 42.2 Å². The predicted octanol–water partition coefficient (Wildman–Crippen LogP) is 4.25. The number of nitrogens with zero attached hydrogens (tertiary/aromatic N) is 3. The van der Waals surface area contributed by atoms with Gasteiger partial charge in [-0.2, -0.15) is 18.4 Å². The van der Waals surface area contributed by atoms with Crippen molar-refractivity contribution in [2.45, 2.75) is 19.0 Å². The SMILES string of the molecule is N#CCCN(CCC(F)(F)F)C(=O)c1cc(-c2c(F)cnc3[nH]ccc23)c[nH]1.[HH]. The molecule has 0 saturated heterocycles. The number of halogens is 4. The lowest BCUT2D eigenvalue weighted by atomic mass is 10.1. The molecule has 3 aromatic rings. The summed E-state index contributed by atoms with van der Waals surface area (Å²) in [5.74, 6) is -1.28. The number of H-pyrrole nitrogens is 2. The lowest BCUT2D eigenvalue weighted by Crippen LogP contribution is -2.35. The maximum atomic E-state index is 14.3. The highest BCUT2D eigenvalue weighted by molar-refractivity contribution is 5.97. The van der Waals surface area contributed by atoms with Gasteiger partial charge in [0.05, 0.1) is 25.1 Å². The fourth-order valence-corrected chi connectivity index (χ4v) is 2.87. The molecule has 0 spiro atoms. The van der Waals surface area contributed by atoms with Gasteiger partial charge in [-0.3, -0.25) is 4.79 Å². The Hall–Kier alpha value is -3.35. The van der Waals surface area contributed by atoms with Crippen LogP contribution in [0.3, 0.4) is 0 Å². The molecule has 0 fully saturated rings. The normalized spacial score (nSPS) is 11.5. The van der Waals surface area contributed by atoms with E-state index in [1.54, 1.807) is 12.3 Å². The molecule has 0 aliphatic heterocycles. The van der Waals surface area contributed by atoms with Gasteiger partial charge in [0.25, 0.3) is 5.91 Å². The fourth-order valence-electron chi connectivity index (χ4n) is 2.87. The lowest BCUT2D eigenvalue weighted by molar-refractivity contribution is -0.136. The molecule has 0 aliphatic carbocycles. The van der Waals surface area contributed by atoms with E-state index in [4.69, 9.17) is 5.26 Å². The summed E-state index contributed by atoms with van der Waals surface area (Å²) in [6.45, 7) is -0.699. The average Bonchev–Trinajstić information content (AvgIpc) is 3.29. The average molecular weight is 395 g/mol. The second-order valence-electron chi connectivity index (χ2n) is 6.09. The Morgan fingerprint density at radius 1 is 1.32 bits per heavy atom. The molecule has 0 atom stereocenters.